The lowest BCUT2D eigenvalue weighted by molar-refractivity contribution is 0.0996. The second-order valence-electron chi connectivity index (χ2n) is 5.89. The number of amides is 1. The molecule has 1 N–H and O–H groups in total. The van der Waals surface area contributed by atoms with Crippen LogP contribution in [0.3, 0.4) is 0 Å². The van der Waals surface area contributed by atoms with Crippen LogP contribution in [0.5, 0.6) is 0 Å². The first-order chi connectivity index (χ1) is 11.5. The fraction of sp³-hybridized carbons (Fsp3) is 0.167. The molecular weight excluding hydrogens is 304 g/mol. The number of benzene rings is 1. The number of carbonyl (C=O) groups is 1. The molecule has 0 aliphatic rings. The van der Waals surface area contributed by atoms with Crippen molar-refractivity contribution in [2.45, 2.75) is 13.8 Å². The number of aromatic nitrogens is 3. The van der Waals surface area contributed by atoms with Gasteiger partial charge >= 0.3 is 0 Å². The van der Waals surface area contributed by atoms with Crippen LogP contribution >= 0.6 is 0 Å². The number of aryl methyl sites for hydroxylation is 3. The minimum atomic E-state index is -0.333. The molecule has 0 saturated carbocycles. The van der Waals surface area contributed by atoms with Crippen LogP contribution in [0.15, 0.2) is 41.0 Å². The molecule has 6 heteroatoms. The summed E-state index contributed by atoms with van der Waals surface area (Å²) >= 11 is 0. The Morgan fingerprint density at radius 1 is 1.21 bits per heavy atom. The van der Waals surface area contributed by atoms with Crippen molar-refractivity contribution < 1.29 is 9.21 Å². The Morgan fingerprint density at radius 2 is 2.00 bits per heavy atom. The van der Waals surface area contributed by atoms with Crippen LogP contribution in [0, 0.1) is 13.8 Å². The summed E-state index contributed by atoms with van der Waals surface area (Å²) in [4.78, 5) is 16.9. The molecule has 24 heavy (non-hydrogen) atoms. The lowest BCUT2D eigenvalue weighted by Gasteiger charge is -2.04. The van der Waals surface area contributed by atoms with Crippen molar-refractivity contribution in [2.75, 3.05) is 5.32 Å². The third-order valence-electron chi connectivity index (χ3n) is 4.20. The number of rotatable bonds is 2. The van der Waals surface area contributed by atoms with Gasteiger partial charge in [0.05, 0.1) is 17.2 Å². The summed E-state index contributed by atoms with van der Waals surface area (Å²) in [6.07, 6.45) is 1.46. The van der Waals surface area contributed by atoms with E-state index >= 15 is 0 Å². The van der Waals surface area contributed by atoms with Gasteiger partial charge in [-0.15, -0.1) is 0 Å². The molecule has 3 heterocycles. The molecule has 0 radical (unpaired) electrons. The zero-order valence-electron chi connectivity index (χ0n) is 13.6. The second-order valence-corrected chi connectivity index (χ2v) is 5.89. The van der Waals surface area contributed by atoms with E-state index in [1.54, 1.807) is 16.8 Å². The third-order valence-corrected chi connectivity index (χ3v) is 4.20. The van der Waals surface area contributed by atoms with Gasteiger partial charge in [-0.2, -0.15) is 5.10 Å². The smallest absolute Gasteiger partial charge is 0.292 e. The zero-order chi connectivity index (χ0) is 16.8. The number of nitrogens with zero attached hydrogens (tertiary/aromatic N) is 3. The monoisotopic (exact) mass is 320 g/mol. The maximum atomic E-state index is 12.2. The predicted octanol–water partition coefficient (Wildman–Crippen LogP) is 3.58. The first-order valence-corrected chi connectivity index (χ1v) is 7.62. The van der Waals surface area contributed by atoms with Crippen molar-refractivity contribution in [3.8, 4) is 0 Å². The molecule has 0 aliphatic carbocycles. The van der Waals surface area contributed by atoms with Gasteiger partial charge in [-0.05, 0) is 55.3 Å². The summed E-state index contributed by atoms with van der Waals surface area (Å²) in [6, 6.07) is 9.46. The largest absolute Gasteiger partial charge is 0.459 e. The molecule has 3 aromatic heterocycles. The predicted molar refractivity (Wildman–Crippen MR) is 92.2 cm³/mol. The summed E-state index contributed by atoms with van der Waals surface area (Å²) in [5, 5.41) is 9.00. The van der Waals surface area contributed by atoms with Gasteiger partial charge < -0.3 is 9.73 Å². The van der Waals surface area contributed by atoms with Gasteiger partial charge in [0.1, 0.15) is 0 Å². The quantitative estimate of drug-likeness (QED) is 0.612. The van der Waals surface area contributed by atoms with Crippen molar-refractivity contribution in [2.24, 2.45) is 7.05 Å². The fourth-order valence-corrected chi connectivity index (χ4v) is 2.77. The Morgan fingerprint density at radius 3 is 2.75 bits per heavy atom. The molecule has 1 aromatic carbocycles. The van der Waals surface area contributed by atoms with Gasteiger partial charge in [0.15, 0.2) is 17.2 Å². The summed E-state index contributed by atoms with van der Waals surface area (Å²) in [7, 11) is 1.81. The molecule has 1 amide bonds. The second kappa shape index (κ2) is 5.19. The van der Waals surface area contributed by atoms with Crippen LogP contribution in [0.1, 0.15) is 21.7 Å². The van der Waals surface area contributed by atoms with E-state index in [1.165, 1.54) is 17.4 Å². The number of nitrogens with one attached hydrogen (secondary N) is 1. The zero-order valence-corrected chi connectivity index (χ0v) is 13.6. The number of anilines is 1. The first-order valence-electron chi connectivity index (χ1n) is 7.62. The van der Waals surface area contributed by atoms with Crippen molar-refractivity contribution in [1.82, 2.24) is 14.8 Å². The molecule has 6 nitrogen and oxygen atoms in total. The van der Waals surface area contributed by atoms with Gasteiger partial charge in [-0.3, -0.25) is 4.79 Å². The average molecular weight is 320 g/mol. The molecular formula is C18H16N4O2. The lowest BCUT2D eigenvalue weighted by Crippen LogP contribution is -2.11. The maximum absolute atomic E-state index is 12.2. The Hall–Kier alpha value is -3.15. The summed E-state index contributed by atoms with van der Waals surface area (Å²) < 4.78 is 6.79. The molecule has 120 valence electrons. The van der Waals surface area contributed by atoms with Crippen LogP contribution in [-0.4, -0.2) is 20.7 Å². The maximum Gasteiger partial charge on any atom is 0.292 e. The molecule has 4 aromatic rings. The van der Waals surface area contributed by atoms with E-state index in [0.717, 1.165) is 21.9 Å². The van der Waals surface area contributed by atoms with Gasteiger partial charge in [0.25, 0.3) is 5.91 Å². The highest BCUT2D eigenvalue weighted by atomic mass is 16.3. The van der Waals surface area contributed by atoms with Crippen LogP contribution < -0.4 is 5.32 Å². The average Bonchev–Trinajstić information content (AvgIpc) is 3.17. The number of hydrogen-bond donors (Lipinski definition) is 1. The number of pyridine rings is 1. The standard InChI is InChI=1S/C18H16N4O2/c1-10-7-12-9-13-16(20-18(23)15-5-4-6-24-15)21-22(3)17(13)19-14(12)8-11(10)2/h4-9H,1-3H3,(H,20,21,23). The van der Waals surface area contributed by atoms with E-state index in [9.17, 15) is 4.79 Å². The summed E-state index contributed by atoms with van der Waals surface area (Å²) in [6.45, 7) is 4.14. The molecule has 0 aliphatic heterocycles. The fourth-order valence-electron chi connectivity index (χ4n) is 2.77. The van der Waals surface area contributed by atoms with Gasteiger partial charge in [0.2, 0.25) is 0 Å². The first kappa shape index (κ1) is 14.4. The Bertz CT molecular complexity index is 1080. The highest BCUT2D eigenvalue weighted by Crippen LogP contribution is 2.27. The summed E-state index contributed by atoms with van der Waals surface area (Å²) in [5.74, 6) is 0.385. The SMILES string of the molecule is Cc1cc2cc3c(NC(=O)c4ccco4)nn(C)c3nc2cc1C. The van der Waals surface area contributed by atoms with Gasteiger partial charge in [0, 0.05) is 12.4 Å². The Labute approximate surface area is 138 Å². The third kappa shape index (κ3) is 2.23. The lowest BCUT2D eigenvalue weighted by atomic mass is 10.1. The minimum absolute atomic E-state index is 0.244. The van der Waals surface area contributed by atoms with E-state index in [-0.39, 0.29) is 11.7 Å². The molecule has 0 saturated heterocycles. The normalized spacial score (nSPS) is 11.3. The van der Waals surface area contributed by atoms with Crippen molar-refractivity contribution in [3.05, 3.63) is 53.5 Å². The van der Waals surface area contributed by atoms with Crippen molar-refractivity contribution in [1.29, 1.82) is 0 Å². The highest BCUT2D eigenvalue weighted by Gasteiger charge is 2.16. The molecule has 0 fully saturated rings. The molecule has 0 atom stereocenters. The molecule has 0 unspecified atom stereocenters. The number of hydrogen-bond acceptors (Lipinski definition) is 4. The van der Waals surface area contributed by atoms with E-state index in [2.05, 4.69) is 36.4 Å². The number of carbonyl (C=O) groups excluding carboxylic acids is 1. The highest BCUT2D eigenvalue weighted by molar-refractivity contribution is 6.07. The summed E-state index contributed by atoms with van der Waals surface area (Å²) in [5.41, 5.74) is 4.04. The Kier molecular flexibility index (Phi) is 3.13. The number of fused-ring (bicyclic) bond motifs is 2. The molecule has 0 spiro atoms. The van der Waals surface area contributed by atoms with Gasteiger partial charge in [-0.25, -0.2) is 9.67 Å². The molecule has 0 bridgehead atoms. The van der Waals surface area contributed by atoms with Crippen LogP contribution in [0.25, 0.3) is 21.9 Å². The van der Waals surface area contributed by atoms with Crippen LogP contribution in [-0.2, 0) is 7.05 Å². The van der Waals surface area contributed by atoms with Crippen molar-refractivity contribution in [3.63, 3.8) is 0 Å². The topological polar surface area (TPSA) is 73.0 Å². The Balaban J connectivity index is 1.86. The number of furan rings is 1. The van der Waals surface area contributed by atoms with E-state index in [4.69, 9.17) is 9.40 Å². The van der Waals surface area contributed by atoms with E-state index in [1.807, 2.05) is 13.1 Å². The van der Waals surface area contributed by atoms with Crippen LogP contribution in [0.4, 0.5) is 5.82 Å². The molecule has 4 rings (SSSR count). The van der Waals surface area contributed by atoms with Gasteiger partial charge in [-0.1, -0.05) is 0 Å². The van der Waals surface area contributed by atoms with E-state index < -0.39 is 0 Å². The van der Waals surface area contributed by atoms with E-state index in [0.29, 0.717) is 5.82 Å². The van der Waals surface area contributed by atoms with Crippen LogP contribution in [0.2, 0.25) is 0 Å². The van der Waals surface area contributed by atoms with Crippen molar-refractivity contribution >= 4 is 33.7 Å². The minimum Gasteiger partial charge on any atom is -0.459 e.